The molecule has 0 aliphatic carbocycles. The van der Waals surface area contributed by atoms with Crippen LogP contribution in [-0.4, -0.2) is 25.0 Å². The van der Waals surface area contributed by atoms with Crippen LogP contribution in [0.5, 0.6) is 5.75 Å². The molecule has 0 atom stereocenters. The lowest BCUT2D eigenvalue weighted by atomic mass is 10.1. The van der Waals surface area contributed by atoms with E-state index in [4.69, 9.17) is 4.74 Å². The molecule has 6 heteroatoms. The Morgan fingerprint density at radius 3 is 2.59 bits per heavy atom. The average Bonchev–Trinajstić information content (AvgIpc) is 2.63. The first-order valence-corrected chi connectivity index (χ1v) is 9.82. The highest BCUT2D eigenvalue weighted by molar-refractivity contribution is 9.10. The fourth-order valence-electron chi connectivity index (χ4n) is 2.41. The second kappa shape index (κ2) is 10.1. The number of nitrogens with one attached hydrogen (secondary N) is 2. The molecule has 27 heavy (non-hydrogen) atoms. The molecule has 2 aromatic carbocycles. The van der Waals surface area contributed by atoms with Crippen molar-refractivity contribution in [2.24, 2.45) is 5.92 Å². The maximum absolute atomic E-state index is 12.8. The van der Waals surface area contributed by atoms with Gasteiger partial charge in [-0.05, 0) is 55.7 Å². The summed E-state index contributed by atoms with van der Waals surface area (Å²) in [5.74, 6) is 0.601. The van der Waals surface area contributed by atoms with Crippen molar-refractivity contribution in [3.8, 4) is 5.75 Å². The minimum Gasteiger partial charge on any atom is -0.493 e. The third-order valence-corrected chi connectivity index (χ3v) is 4.35. The summed E-state index contributed by atoms with van der Waals surface area (Å²) in [6, 6.07) is 12.2. The van der Waals surface area contributed by atoms with Gasteiger partial charge in [-0.3, -0.25) is 9.59 Å². The summed E-state index contributed by atoms with van der Waals surface area (Å²) < 4.78 is 6.60. The Morgan fingerprint density at radius 1 is 1.11 bits per heavy atom. The molecule has 0 aromatic heterocycles. The van der Waals surface area contributed by atoms with Crippen LogP contribution in [0.2, 0.25) is 0 Å². The first-order valence-electron chi connectivity index (χ1n) is 9.02. The van der Waals surface area contributed by atoms with Crippen LogP contribution in [0.3, 0.4) is 0 Å². The SMILES string of the molecule is CCNC(=O)c1cccc(NC(=O)c2cc(Br)ccc2OCCC(C)C)c1. The average molecular weight is 433 g/mol. The highest BCUT2D eigenvalue weighted by Crippen LogP contribution is 2.25. The number of hydrogen-bond acceptors (Lipinski definition) is 3. The minimum absolute atomic E-state index is 0.172. The van der Waals surface area contributed by atoms with Crippen LogP contribution in [-0.2, 0) is 0 Å². The second-order valence-electron chi connectivity index (χ2n) is 6.57. The van der Waals surface area contributed by atoms with Gasteiger partial charge in [0.25, 0.3) is 11.8 Å². The number of benzene rings is 2. The summed E-state index contributed by atoms with van der Waals surface area (Å²) in [5.41, 5.74) is 1.49. The fraction of sp³-hybridized carbons (Fsp3) is 0.333. The lowest BCUT2D eigenvalue weighted by Gasteiger charge is -2.13. The zero-order valence-electron chi connectivity index (χ0n) is 15.8. The highest BCUT2D eigenvalue weighted by Gasteiger charge is 2.15. The monoisotopic (exact) mass is 432 g/mol. The predicted molar refractivity (Wildman–Crippen MR) is 111 cm³/mol. The van der Waals surface area contributed by atoms with Gasteiger partial charge >= 0.3 is 0 Å². The largest absolute Gasteiger partial charge is 0.493 e. The first kappa shape index (κ1) is 21.0. The van der Waals surface area contributed by atoms with E-state index in [9.17, 15) is 9.59 Å². The molecule has 144 valence electrons. The maximum Gasteiger partial charge on any atom is 0.259 e. The summed E-state index contributed by atoms with van der Waals surface area (Å²) in [6.07, 6.45) is 0.908. The molecule has 0 fully saturated rings. The molecule has 0 unspecified atom stereocenters. The molecule has 2 aromatic rings. The summed E-state index contributed by atoms with van der Waals surface area (Å²) in [6.45, 7) is 7.20. The van der Waals surface area contributed by atoms with Crippen molar-refractivity contribution < 1.29 is 14.3 Å². The molecule has 2 amide bonds. The van der Waals surface area contributed by atoms with Crippen molar-refractivity contribution in [1.29, 1.82) is 0 Å². The van der Waals surface area contributed by atoms with E-state index in [-0.39, 0.29) is 11.8 Å². The minimum atomic E-state index is -0.288. The smallest absolute Gasteiger partial charge is 0.259 e. The molecule has 0 spiro atoms. The highest BCUT2D eigenvalue weighted by atomic mass is 79.9. The van der Waals surface area contributed by atoms with E-state index in [2.05, 4.69) is 40.4 Å². The van der Waals surface area contributed by atoms with Gasteiger partial charge in [-0.2, -0.15) is 0 Å². The second-order valence-corrected chi connectivity index (χ2v) is 7.48. The lowest BCUT2D eigenvalue weighted by molar-refractivity contribution is 0.0954. The van der Waals surface area contributed by atoms with Gasteiger partial charge in [-0.15, -0.1) is 0 Å². The first-order chi connectivity index (χ1) is 12.9. The third kappa shape index (κ3) is 6.40. The number of carbonyl (C=O) groups excluding carboxylic acids is 2. The molecule has 2 N–H and O–H groups in total. The number of rotatable bonds is 8. The van der Waals surface area contributed by atoms with Gasteiger partial charge in [-0.1, -0.05) is 35.8 Å². The van der Waals surface area contributed by atoms with E-state index in [1.807, 2.05) is 13.0 Å². The van der Waals surface area contributed by atoms with Crippen molar-refractivity contribution >= 4 is 33.4 Å². The Hall–Kier alpha value is -2.34. The van der Waals surface area contributed by atoms with E-state index in [0.29, 0.717) is 41.6 Å². The summed E-state index contributed by atoms with van der Waals surface area (Å²) >= 11 is 3.40. The van der Waals surface area contributed by atoms with E-state index < -0.39 is 0 Å². The van der Waals surface area contributed by atoms with Crippen molar-refractivity contribution in [2.45, 2.75) is 27.2 Å². The quantitative estimate of drug-likeness (QED) is 0.624. The van der Waals surface area contributed by atoms with Crippen LogP contribution in [0.15, 0.2) is 46.9 Å². The summed E-state index contributed by atoms with van der Waals surface area (Å²) in [4.78, 5) is 24.8. The van der Waals surface area contributed by atoms with Gasteiger partial charge in [0, 0.05) is 22.3 Å². The lowest BCUT2D eigenvalue weighted by Crippen LogP contribution is -2.22. The van der Waals surface area contributed by atoms with Crippen LogP contribution in [0.1, 0.15) is 47.9 Å². The number of hydrogen-bond donors (Lipinski definition) is 2. The molecule has 0 radical (unpaired) electrons. The number of carbonyl (C=O) groups is 2. The molecular weight excluding hydrogens is 408 g/mol. The van der Waals surface area contributed by atoms with Crippen molar-refractivity contribution in [2.75, 3.05) is 18.5 Å². The third-order valence-electron chi connectivity index (χ3n) is 3.86. The normalized spacial score (nSPS) is 10.6. The maximum atomic E-state index is 12.8. The zero-order valence-corrected chi connectivity index (χ0v) is 17.4. The van der Waals surface area contributed by atoms with Crippen LogP contribution in [0, 0.1) is 5.92 Å². The molecule has 0 saturated carbocycles. The topological polar surface area (TPSA) is 67.4 Å². The van der Waals surface area contributed by atoms with E-state index in [0.717, 1.165) is 10.9 Å². The molecular formula is C21H25BrN2O3. The summed E-state index contributed by atoms with van der Waals surface area (Å²) in [7, 11) is 0. The standard InChI is InChI=1S/C21H25BrN2O3/c1-4-23-20(25)15-6-5-7-17(12-15)24-21(26)18-13-16(22)8-9-19(18)27-11-10-14(2)3/h5-9,12-14H,4,10-11H2,1-3H3,(H,23,25)(H,24,26). The Kier molecular flexibility index (Phi) is 7.85. The van der Waals surface area contributed by atoms with E-state index in [1.165, 1.54) is 0 Å². The molecule has 0 aliphatic rings. The molecule has 5 nitrogen and oxygen atoms in total. The molecule has 2 rings (SSSR count). The predicted octanol–water partition coefficient (Wildman–Crippen LogP) is 4.88. The van der Waals surface area contributed by atoms with Gasteiger partial charge in [0.15, 0.2) is 0 Å². The van der Waals surface area contributed by atoms with Gasteiger partial charge in [0.05, 0.1) is 12.2 Å². The molecule has 0 heterocycles. The van der Waals surface area contributed by atoms with Gasteiger partial charge in [0.2, 0.25) is 0 Å². The van der Waals surface area contributed by atoms with Crippen molar-refractivity contribution in [1.82, 2.24) is 5.32 Å². The Bertz CT molecular complexity index is 806. The number of ether oxygens (including phenoxy) is 1. The Morgan fingerprint density at radius 2 is 1.89 bits per heavy atom. The fourth-order valence-corrected chi connectivity index (χ4v) is 2.77. The Balaban J connectivity index is 2.16. The molecule has 0 saturated heterocycles. The van der Waals surface area contributed by atoms with Gasteiger partial charge < -0.3 is 15.4 Å². The van der Waals surface area contributed by atoms with E-state index >= 15 is 0 Å². The van der Waals surface area contributed by atoms with Crippen LogP contribution < -0.4 is 15.4 Å². The van der Waals surface area contributed by atoms with Gasteiger partial charge in [0.1, 0.15) is 5.75 Å². The van der Waals surface area contributed by atoms with Crippen LogP contribution >= 0.6 is 15.9 Å². The summed E-state index contributed by atoms with van der Waals surface area (Å²) in [5, 5.41) is 5.59. The number of halogens is 1. The van der Waals surface area contributed by atoms with Crippen LogP contribution in [0.4, 0.5) is 5.69 Å². The van der Waals surface area contributed by atoms with Crippen molar-refractivity contribution in [3.63, 3.8) is 0 Å². The van der Waals surface area contributed by atoms with Gasteiger partial charge in [-0.25, -0.2) is 0 Å². The van der Waals surface area contributed by atoms with Crippen LogP contribution in [0.25, 0.3) is 0 Å². The molecule has 0 bridgehead atoms. The molecule has 0 aliphatic heterocycles. The number of amides is 2. The number of anilines is 1. The Labute approximate surface area is 168 Å². The van der Waals surface area contributed by atoms with Crippen molar-refractivity contribution in [3.05, 3.63) is 58.1 Å². The van der Waals surface area contributed by atoms with E-state index in [1.54, 1.807) is 36.4 Å². The zero-order chi connectivity index (χ0) is 19.8.